The average molecular weight is 427 g/mol. The third-order valence-corrected chi connectivity index (χ3v) is 4.23. The molecule has 0 aliphatic rings. The van der Waals surface area contributed by atoms with Crippen molar-refractivity contribution in [3.8, 4) is 0 Å². The first-order valence-corrected chi connectivity index (χ1v) is 10.5. The van der Waals surface area contributed by atoms with Crippen LogP contribution in [-0.2, 0) is 33.4 Å². The summed E-state index contributed by atoms with van der Waals surface area (Å²) in [5.74, 6) is -4.14. The second-order valence-electron chi connectivity index (χ2n) is 6.88. The Bertz CT molecular complexity index is 629. The second kappa shape index (κ2) is 16.3. The molecule has 9 heteroatoms. The lowest BCUT2D eigenvalue weighted by atomic mass is 10.1. The summed E-state index contributed by atoms with van der Waals surface area (Å²) in [6, 6.07) is -0.742. The van der Waals surface area contributed by atoms with Crippen molar-refractivity contribution >= 4 is 29.8 Å². The molecule has 170 valence electrons. The monoisotopic (exact) mass is 426 g/mol. The molecule has 30 heavy (non-hydrogen) atoms. The van der Waals surface area contributed by atoms with E-state index in [1.807, 2.05) is 13.8 Å². The fourth-order valence-electron chi connectivity index (χ4n) is 2.45. The van der Waals surface area contributed by atoms with E-state index < -0.39 is 35.8 Å². The number of nitrogens with one attached hydrogen (secondary N) is 1. The molecule has 0 unspecified atom stereocenters. The van der Waals surface area contributed by atoms with E-state index in [-0.39, 0.29) is 25.0 Å². The predicted molar refractivity (Wildman–Crippen MR) is 110 cm³/mol. The molecule has 0 radical (unpaired) electrons. The molecular formula is C21H34N2O7. The van der Waals surface area contributed by atoms with Crippen molar-refractivity contribution in [1.29, 1.82) is 0 Å². The number of carbonyl (C=O) groups excluding carboxylic acids is 5. The highest BCUT2D eigenvalue weighted by molar-refractivity contribution is 6.02. The van der Waals surface area contributed by atoms with Crippen LogP contribution >= 0.6 is 0 Å². The number of primary amides is 1. The zero-order valence-electron chi connectivity index (χ0n) is 18.2. The quantitative estimate of drug-likeness (QED) is 0.175. The summed E-state index contributed by atoms with van der Waals surface area (Å²) >= 11 is 0. The van der Waals surface area contributed by atoms with Crippen LogP contribution in [0.3, 0.4) is 0 Å². The van der Waals surface area contributed by atoms with Crippen LogP contribution in [0.25, 0.3) is 0 Å². The molecule has 0 aromatic heterocycles. The molecule has 0 heterocycles. The van der Waals surface area contributed by atoms with E-state index in [1.165, 1.54) is 0 Å². The Balaban J connectivity index is 5.11. The fraction of sp³-hybridized carbons (Fsp3) is 0.667. The lowest BCUT2D eigenvalue weighted by molar-refractivity contribution is -0.159. The molecule has 1 amide bonds. The minimum atomic E-state index is -1.05. The SMILES string of the molecule is CCCCCC(=O)OC(=O)/C=C(/CN[C@@H](CC)C(N)=O)C(=O)OC(=O)CCCCC. The van der Waals surface area contributed by atoms with Gasteiger partial charge in [0.15, 0.2) is 0 Å². The van der Waals surface area contributed by atoms with Crippen molar-refractivity contribution in [2.75, 3.05) is 6.54 Å². The number of esters is 4. The summed E-state index contributed by atoms with van der Waals surface area (Å²) in [6.45, 7) is 5.40. The van der Waals surface area contributed by atoms with E-state index in [1.54, 1.807) is 6.92 Å². The standard InChI is InChI=1S/C21H34N2O7/c1-4-7-9-11-17(24)29-19(26)13-15(14-23-16(6-3)20(22)27)21(28)30-18(25)12-10-8-5-2/h13,16,23H,4-12,14H2,1-3H3,(H2,22,27)/b15-13-/t16-/m0/s1. The summed E-state index contributed by atoms with van der Waals surface area (Å²) in [4.78, 5) is 59.2. The molecular weight excluding hydrogens is 392 g/mol. The highest BCUT2D eigenvalue weighted by Gasteiger charge is 2.21. The normalized spacial score (nSPS) is 12.2. The van der Waals surface area contributed by atoms with Gasteiger partial charge in [0.05, 0.1) is 11.6 Å². The zero-order chi connectivity index (χ0) is 22.9. The third kappa shape index (κ3) is 12.8. The number of unbranched alkanes of at least 4 members (excludes halogenated alkanes) is 4. The van der Waals surface area contributed by atoms with Gasteiger partial charge in [0.1, 0.15) is 0 Å². The van der Waals surface area contributed by atoms with Gasteiger partial charge in [-0.2, -0.15) is 0 Å². The highest BCUT2D eigenvalue weighted by Crippen LogP contribution is 2.06. The van der Waals surface area contributed by atoms with Crippen LogP contribution in [0.5, 0.6) is 0 Å². The molecule has 0 fully saturated rings. The first-order valence-electron chi connectivity index (χ1n) is 10.5. The van der Waals surface area contributed by atoms with E-state index in [4.69, 9.17) is 10.5 Å². The lowest BCUT2D eigenvalue weighted by Gasteiger charge is -2.14. The molecule has 3 N–H and O–H groups in total. The van der Waals surface area contributed by atoms with Gasteiger partial charge in [-0.3, -0.25) is 14.4 Å². The van der Waals surface area contributed by atoms with Crippen molar-refractivity contribution < 1.29 is 33.4 Å². The van der Waals surface area contributed by atoms with Crippen LogP contribution in [0.2, 0.25) is 0 Å². The largest absolute Gasteiger partial charge is 0.390 e. The van der Waals surface area contributed by atoms with E-state index in [0.717, 1.165) is 31.8 Å². The minimum Gasteiger partial charge on any atom is -0.390 e. The predicted octanol–water partition coefficient (Wildman–Crippen LogP) is 2.07. The van der Waals surface area contributed by atoms with Crippen LogP contribution in [0, 0.1) is 0 Å². The van der Waals surface area contributed by atoms with Crippen molar-refractivity contribution in [3.63, 3.8) is 0 Å². The maximum Gasteiger partial charge on any atom is 0.343 e. The van der Waals surface area contributed by atoms with E-state index in [0.29, 0.717) is 19.3 Å². The number of carbonyl (C=O) groups is 5. The molecule has 0 saturated heterocycles. The third-order valence-electron chi connectivity index (χ3n) is 4.23. The Kier molecular flexibility index (Phi) is 14.9. The Hall–Kier alpha value is -2.55. The van der Waals surface area contributed by atoms with Gasteiger partial charge in [0.2, 0.25) is 5.91 Å². The van der Waals surface area contributed by atoms with Crippen molar-refractivity contribution in [3.05, 3.63) is 11.6 Å². The number of amides is 1. The van der Waals surface area contributed by atoms with Crippen LogP contribution in [-0.4, -0.2) is 42.4 Å². The van der Waals surface area contributed by atoms with Crippen LogP contribution in [0.1, 0.15) is 78.6 Å². The molecule has 0 rings (SSSR count). The Morgan fingerprint density at radius 2 is 1.40 bits per heavy atom. The Morgan fingerprint density at radius 3 is 1.87 bits per heavy atom. The van der Waals surface area contributed by atoms with Crippen LogP contribution in [0.4, 0.5) is 0 Å². The summed E-state index contributed by atoms with van der Waals surface area (Å²) in [6.07, 6.45) is 5.92. The molecule has 0 spiro atoms. The van der Waals surface area contributed by atoms with Crippen molar-refractivity contribution in [1.82, 2.24) is 5.32 Å². The molecule has 1 atom stereocenters. The Labute approximate surface area is 177 Å². The summed E-state index contributed by atoms with van der Waals surface area (Å²) in [5.41, 5.74) is 5.01. The maximum absolute atomic E-state index is 12.3. The van der Waals surface area contributed by atoms with Crippen molar-refractivity contribution in [2.45, 2.75) is 84.6 Å². The second-order valence-corrected chi connectivity index (χ2v) is 6.88. The number of hydrogen-bond donors (Lipinski definition) is 2. The topological polar surface area (TPSA) is 142 Å². The van der Waals surface area contributed by atoms with Gasteiger partial charge in [-0.25, -0.2) is 9.59 Å². The van der Waals surface area contributed by atoms with Gasteiger partial charge in [0, 0.05) is 25.5 Å². The lowest BCUT2D eigenvalue weighted by Crippen LogP contribution is -2.42. The number of hydrogen-bond acceptors (Lipinski definition) is 8. The zero-order valence-corrected chi connectivity index (χ0v) is 18.2. The number of rotatable bonds is 15. The molecule has 0 aromatic carbocycles. The van der Waals surface area contributed by atoms with Gasteiger partial charge in [0.25, 0.3) is 0 Å². The first-order chi connectivity index (χ1) is 14.2. The molecule has 0 aromatic rings. The van der Waals surface area contributed by atoms with Gasteiger partial charge >= 0.3 is 23.9 Å². The summed E-state index contributed by atoms with van der Waals surface area (Å²) in [7, 11) is 0. The first kappa shape index (κ1) is 27.5. The molecule has 0 aliphatic heterocycles. The van der Waals surface area contributed by atoms with E-state index in [9.17, 15) is 24.0 Å². The number of ether oxygens (including phenoxy) is 2. The van der Waals surface area contributed by atoms with Crippen molar-refractivity contribution in [2.24, 2.45) is 5.73 Å². The molecule has 0 saturated carbocycles. The molecule has 9 nitrogen and oxygen atoms in total. The van der Waals surface area contributed by atoms with E-state index in [2.05, 4.69) is 10.1 Å². The fourth-order valence-corrected chi connectivity index (χ4v) is 2.45. The van der Waals surface area contributed by atoms with Gasteiger partial charge in [-0.15, -0.1) is 0 Å². The number of nitrogens with two attached hydrogens (primary N) is 1. The summed E-state index contributed by atoms with van der Waals surface area (Å²) in [5, 5.41) is 2.73. The van der Waals surface area contributed by atoms with Gasteiger partial charge in [-0.05, 0) is 19.3 Å². The molecule has 0 aliphatic carbocycles. The molecule has 0 bridgehead atoms. The maximum atomic E-state index is 12.3. The van der Waals surface area contributed by atoms with Crippen LogP contribution < -0.4 is 11.1 Å². The van der Waals surface area contributed by atoms with E-state index >= 15 is 0 Å². The minimum absolute atomic E-state index is 0.0690. The van der Waals surface area contributed by atoms with Gasteiger partial charge in [-0.1, -0.05) is 46.5 Å². The smallest absolute Gasteiger partial charge is 0.343 e. The van der Waals surface area contributed by atoms with Crippen LogP contribution in [0.15, 0.2) is 11.6 Å². The average Bonchev–Trinajstić information content (AvgIpc) is 2.67. The summed E-state index contributed by atoms with van der Waals surface area (Å²) < 4.78 is 9.45. The highest BCUT2D eigenvalue weighted by atomic mass is 16.6. The Morgan fingerprint density at radius 1 is 0.867 bits per heavy atom. The van der Waals surface area contributed by atoms with Gasteiger partial charge < -0.3 is 20.5 Å².